The first kappa shape index (κ1) is 13.4. The topological polar surface area (TPSA) is 57.5 Å². The second-order valence-electron chi connectivity index (χ2n) is 3.80. The summed E-state index contributed by atoms with van der Waals surface area (Å²) in [5.41, 5.74) is 0. The van der Waals surface area contributed by atoms with Gasteiger partial charge in [0.15, 0.2) is 0 Å². The number of carboxylic acids is 1. The van der Waals surface area contributed by atoms with Gasteiger partial charge in [0, 0.05) is 0 Å². The zero-order valence-electron chi connectivity index (χ0n) is 9.20. The average Bonchev–Trinajstić information content (AvgIpc) is 2.14. The Labute approximate surface area is 86.1 Å². The molecule has 14 heavy (non-hydrogen) atoms. The Morgan fingerprint density at radius 2 is 1.64 bits per heavy atom. The molecule has 0 spiro atoms. The van der Waals surface area contributed by atoms with Crippen molar-refractivity contribution in [1.29, 1.82) is 0 Å². The minimum Gasteiger partial charge on any atom is -0.481 e. The molecule has 0 heterocycles. The Balaban J connectivity index is 3.97. The molecule has 2 atom stereocenters. The second kappa shape index (κ2) is 7.80. The number of aliphatic hydroxyl groups is 1. The molecule has 0 aliphatic heterocycles. The Morgan fingerprint density at radius 1 is 1.14 bits per heavy atom. The molecular weight excluding hydrogens is 180 g/mol. The number of aliphatic carboxylic acids is 1. The summed E-state index contributed by atoms with van der Waals surface area (Å²) in [4.78, 5) is 10.8. The Bertz CT molecular complexity index is 157. The summed E-state index contributed by atoms with van der Waals surface area (Å²) >= 11 is 0. The van der Waals surface area contributed by atoms with E-state index in [0.717, 1.165) is 25.7 Å². The predicted molar refractivity (Wildman–Crippen MR) is 56.2 cm³/mol. The van der Waals surface area contributed by atoms with Gasteiger partial charge in [-0.15, -0.1) is 0 Å². The van der Waals surface area contributed by atoms with Crippen LogP contribution in [0.25, 0.3) is 0 Å². The highest BCUT2D eigenvalue weighted by Crippen LogP contribution is 2.17. The third kappa shape index (κ3) is 5.22. The summed E-state index contributed by atoms with van der Waals surface area (Å²) in [6, 6.07) is 0. The number of carbonyl (C=O) groups is 1. The quantitative estimate of drug-likeness (QED) is 0.635. The van der Waals surface area contributed by atoms with Gasteiger partial charge in [0.25, 0.3) is 0 Å². The van der Waals surface area contributed by atoms with Crippen LogP contribution in [0.4, 0.5) is 0 Å². The van der Waals surface area contributed by atoms with Crippen molar-refractivity contribution in [3.63, 3.8) is 0 Å². The lowest BCUT2D eigenvalue weighted by Crippen LogP contribution is -2.28. The lowest BCUT2D eigenvalue weighted by atomic mass is 9.93. The molecule has 0 aromatic heterocycles. The number of hydrogen-bond acceptors (Lipinski definition) is 2. The summed E-state index contributed by atoms with van der Waals surface area (Å²) in [5.74, 6) is -1.43. The number of aliphatic hydroxyl groups excluding tert-OH is 1. The fourth-order valence-electron chi connectivity index (χ4n) is 1.52. The van der Waals surface area contributed by atoms with E-state index in [1.54, 1.807) is 0 Å². The van der Waals surface area contributed by atoms with Crippen LogP contribution in [0.5, 0.6) is 0 Å². The van der Waals surface area contributed by atoms with Crippen LogP contribution in [0.3, 0.4) is 0 Å². The fourth-order valence-corrected chi connectivity index (χ4v) is 1.52. The molecule has 84 valence electrons. The summed E-state index contributed by atoms with van der Waals surface area (Å²) in [6.07, 6.45) is 4.28. The van der Waals surface area contributed by atoms with Crippen molar-refractivity contribution in [2.45, 2.75) is 58.5 Å². The zero-order chi connectivity index (χ0) is 11.0. The second-order valence-corrected chi connectivity index (χ2v) is 3.80. The predicted octanol–water partition coefficient (Wildman–Crippen LogP) is 2.43. The van der Waals surface area contributed by atoms with Gasteiger partial charge in [0.1, 0.15) is 0 Å². The molecule has 0 rings (SSSR count). The highest BCUT2D eigenvalue weighted by molar-refractivity contribution is 5.70. The SMILES string of the molecule is CCCC[C@@H](O)[C@@H](CCCC)C(=O)O. The molecular formula is C11H22O3. The summed E-state index contributed by atoms with van der Waals surface area (Å²) in [6.45, 7) is 4.06. The first-order valence-electron chi connectivity index (χ1n) is 5.54. The van der Waals surface area contributed by atoms with E-state index in [-0.39, 0.29) is 0 Å². The van der Waals surface area contributed by atoms with E-state index < -0.39 is 18.0 Å². The van der Waals surface area contributed by atoms with Gasteiger partial charge in [-0.1, -0.05) is 39.5 Å². The van der Waals surface area contributed by atoms with Crippen LogP contribution in [0.1, 0.15) is 52.4 Å². The van der Waals surface area contributed by atoms with Gasteiger partial charge in [-0.2, -0.15) is 0 Å². The lowest BCUT2D eigenvalue weighted by molar-refractivity contribution is -0.146. The van der Waals surface area contributed by atoms with Crippen LogP contribution >= 0.6 is 0 Å². The van der Waals surface area contributed by atoms with Gasteiger partial charge in [-0.05, 0) is 12.8 Å². The highest BCUT2D eigenvalue weighted by atomic mass is 16.4. The average molecular weight is 202 g/mol. The van der Waals surface area contributed by atoms with Crippen molar-refractivity contribution in [3.8, 4) is 0 Å². The van der Waals surface area contributed by atoms with Gasteiger partial charge in [0.05, 0.1) is 12.0 Å². The molecule has 3 nitrogen and oxygen atoms in total. The van der Waals surface area contributed by atoms with Gasteiger partial charge < -0.3 is 10.2 Å². The van der Waals surface area contributed by atoms with Crippen LogP contribution in [0.15, 0.2) is 0 Å². The third-order valence-corrected chi connectivity index (χ3v) is 2.50. The van der Waals surface area contributed by atoms with Crippen LogP contribution < -0.4 is 0 Å². The number of carboxylic acid groups (broad SMARTS) is 1. The molecule has 0 aliphatic rings. The van der Waals surface area contributed by atoms with Crippen LogP contribution in [-0.4, -0.2) is 22.3 Å². The highest BCUT2D eigenvalue weighted by Gasteiger charge is 2.24. The molecule has 0 unspecified atom stereocenters. The summed E-state index contributed by atoms with van der Waals surface area (Å²) in [5, 5.41) is 18.6. The van der Waals surface area contributed by atoms with E-state index in [0.29, 0.717) is 12.8 Å². The number of unbranched alkanes of at least 4 members (excludes halogenated alkanes) is 2. The van der Waals surface area contributed by atoms with Crippen molar-refractivity contribution >= 4 is 5.97 Å². The first-order chi connectivity index (χ1) is 6.63. The standard InChI is InChI=1S/C11H22O3/c1-3-5-7-9(11(13)14)10(12)8-6-4-2/h9-10,12H,3-8H2,1-2H3,(H,13,14)/t9-,10-/m1/s1. The van der Waals surface area contributed by atoms with Gasteiger partial charge >= 0.3 is 5.97 Å². The minimum atomic E-state index is -0.859. The third-order valence-electron chi connectivity index (χ3n) is 2.50. The smallest absolute Gasteiger partial charge is 0.309 e. The molecule has 0 aromatic carbocycles. The molecule has 0 saturated heterocycles. The monoisotopic (exact) mass is 202 g/mol. The minimum absolute atomic E-state index is 0.568. The molecule has 0 fully saturated rings. The largest absolute Gasteiger partial charge is 0.481 e. The van der Waals surface area contributed by atoms with Crippen LogP contribution in [0, 0.1) is 5.92 Å². The van der Waals surface area contributed by atoms with E-state index >= 15 is 0 Å². The normalized spacial score (nSPS) is 15.1. The van der Waals surface area contributed by atoms with E-state index in [1.807, 2.05) is 13.8 Å². The van der Waals surface area contributed by atoms with Crippen molar-refractivity contribution in [3.05, 3.63) is 0 Å². The number of hydrogen-bond donors (Lipinski definition) is 2. The van der Waals surface area contributed by atoms with Crippen LogP contribution in [-0.2, 0) is 4.79 Å². The van der Waals surface area contributed by atoms with Crippen LogP contribution in [0.2, 0.25) is 0 Å². The molecule has 0 bridgehead atoms. The Hall–Kier alpha value is -0.570. The first-order valence-corrected chi connectivity index (χ1v) is 5.54. The van der Waals surface area contributed by atoms with Crippen molar-refractivity contribution in [2.24, 2.45) is 5.92 Å². The van der Waals surface area contributed by atoms with Gasteiger partial charge in [-0.25, -0.2) is 0 Å². The molecule has 3 heteroatoms. The molecule has 0 aromatic rings. The van der Waals surface area contributed by atoms with Gasteiger partial charge in [-0.3, -0.25) is 4.79 Å². The maximum Gasteiger partial charge on any atom is 0.309 e. The molecule has 0 amide bonds. The van der Waals surface area contributed by atoms with Gasteiger partial charge in [0.2, 0.25) is 0 Å². The number of rotatable bonds is 8. The molecule has 0 saturated carbocycles. The Morgan fingerprint density at radius 3 is 2.07 bits per heavy atom. The lowest BCUT2D eigenvalue weighted by Gasteiger charge is -2.18. The fraction of sp³-hybridized carbons (Fsp3) is 0.909. The van der Waals surface area contributed by atoms with Crippen molar-refractivity contribution < 1.29 is 15.0 Å². The van der Waals surface area contributed by atoms with Crippen molar-refractivity contribution in [1.82, 2.24) is 0 Å². The summed E-state index contributed by atoms with van der Waals surface area (Å²) in [7, 11) is 0. The van der Waals surface area contributed by atoms with E-state index in [4.69, 9.17) is 5.11 Å². The van der Waals surface area contributed by atoms with E-state index in [9.17, 15) is 9.90 Å². The molecule has 0 radical (unpaired) electrons. The maximum atomic E-state index is 10.8. The van der Waals surface area contributed by atoms with Crippen molar-refractivity contribution in [2.75, 3.05) is 0 Å². The molecule has 2 N–H and O–H groups in total. The Kier molecular flexibility index (Phi) is 7.48. The van der Waals surface area contributed by atoms with E-state index in [2.05, 4.69) is 0 Å². The molecule has 0 aliphatic carbocycles. The van der Waals surface area contributed by atoms with E-state index in [1.165, 1.54) is 0 Å². The zero-order valence-corrected chi connectivity index (χ0v) is 9.20. The maximum absolute atomic E-state index is 10.8. The summed E-state index contributed by atoms with van der Waals surface area (Å²) < 4.78 is 0.